The number of aliphatic imine (C=N–C) groups is 1. The zero-order valence-corrected chi connectivity index (χ0v) is 26.1. The van der Waals surface area contributed by atoms with Gasteiger partial charge in [0.1, 0.15) is 11.4 Å². The first kappa shape index (κ1) is 30.2. The van der Waals surface area contributed by atoms with Crippen molar-refractivity contribution in [3.8, 4) is 0 Å². The highest BCUT2D eigenvalue weighted by molar-refractivity contribution is 6.47. The van der Waals surface area contributed by atoms with Gasteiger partial charge in [-0.1, -0.05) is 75.2 Å². The largest absolute Gasteiger partial charge is 0.345 e. The second-order valence-electron chi connectivity index (χ2n) is 12.7. The van der Waals surface area contributed by atoms with Crippen LogP contribution in [0.1, 0.15) is 93.7 Å². The summed E-state index contributed by atoms with van der Waals surface area (Å²) in [5.41, 5.74) is 2.00. The van der Waals surface area contributed by atoms with Crippen molar-refractivity contribution >= 4 is 40.7 Å². The fourth-order valence-electron chi connectivity index (χ4n) is 6.36. The van der Waals surface area contributed by atoms with E-state index in [0.29, 0.717) is 38.6 Å². The van der Waals surface area contributed by atoms with E-state index in [1.807, 2.05) is 17.0 Å². The minimum atomic E-state index is -0.668. The maximum absolute atomic E-state index is 14.4. The molecular weight excluding hydrogens is 573 g/mol. The molecular formula is C31H37Cl2N7O2. The number of rotatable bonds is 7. The van der Waals surface area contributed by atoms with Gasteiger partial charge in [0.15, 0.2) is 5.82 Å². The Hall–Kier alpha value is -3.30. The maximum atomic E-state index is 14.4. The van der Waals surface area contributed by atoms with E-state index in [-0.39, 0.29) is 35.7 Å². The number of hydrogen-bond acceptors (Lipinski definition) is 6. The molecule has 2 aliphatic rings. The van der Waals surface area contributed by atoms with Gasteiger partial charge in [0, 0.05) is 21.2 Å². The molecule has 1 spiro atoms. The van der Waals surface area contributed by atoms with Crippen LogP contribution in [0.2, 0.25) is 10.0 Å². The van der Waals surface area contributed by atoms with Crippen LogP contribution in [0.25, 0.3) is 0 Å². The first-order valence-corrected chi connectivity index (χ1v) is 15.1. The van der Waals surface area contributed by atoms with Crippen molar-refractivity contribution < 1.29 is 9.59 Å². The SMILES string of the molecule is CC(C)[C@H](c1ccc(C(=O)NCc2nn[nH]n2)cc1)N1C(=O)C(c2cc(Cl)cc(Cl)c2)=NC12CCC(C(C)(C)C)CC2. The van der Waals surface area contributed by atoms with E-state index in [0.717, 1.165) is 31.2 Å². The zero-order chi connectivity index (χ0) is 30.2. The van der Waals surface area contributed by atoms with E-state index in [1.165, 1.54) is 0 Å². The molecule has 11 heteroatoms. The van der Waals surface area contributed by atoms with Crippen LogP contribution in [0.15, 0.2) is 47.5 Å². The van der Waals surface area contributed by atoms with Gasteiger partial charge in [-0.3, -0.25) is 14.6 Å². The number of carbonyl (C=O) groups is 2. The number of aromatic amines is 1. The minimum Gasteiger partial charge on any atom is -0.345 e. The maximum Gasteiger partial charge on any atom is 0.275 e. The Morgan fingerprint density at radius 3 is 2.29 bits per heavy atom. The second-order valence-corrected chi connectivity index (χ2v) is 13.6. The molecule has 42 heavy (non-hydrogen) atoms. The molecule has 0 saturated heterocycles. The molecule has 1 atom stereocenters. The van der Waals surface area contributed by atoms with Crippen LogP contribution in [-0.2, 0) is 11.3 Å². The predicted molar refractivity (Wildman–Crippen MR) is 163 cm³/mol. The van der Waals surface area contributed by atoms with E-state index in [2.05, 4.69) is 60.6 Å². The van der Waals surface area contributed by atoms with Gasteiger partial charge in [0.05, 0.1) is 12.6 Å². The van der Waals surface area contributed by atoms with Crippen LogP contribution in [0, 0.1) is 17.3 Å². The molecule has 3 aromatic rings. The third-order valence-corrected chi connectivity index (χ3v) is 8.99. The number of amides is 2. The molecule has 1 aromatic heterocycles. The number of halogens is 2. The van der Waals surface area contributed by atoms with Crippen molar-refractivity contribution in [2.24, 2.45) is 22.2 Å². The topological polar surface area (TPSA) is 116 Å². The van der Waals surface area contributed by atoms with Gasteiger partial charge in [-0.2, -0.15) is 5.21 Å². The lowest BCUT2D eigenvalue weighted by atomic mass is 9.69. The Morgan fingerprint density at radius 2 is 1.74 bits per heavy atom. The molecule has 2 N–H and O–H groups in total. The van der Waals surface area contributed by atoms with Crippen LogP contribution >= 0.6 is 23.2 Å². The lowest BCUT2D eigenvalue weighted by Gasteiger charge is -2.48. The van der Waals surface area contributed by atoms with Gasteiger partial charge in [0.25, 0.3) is 11.8 Å². The lowest BCUT2D eigenvalue weighted by Crippen LogP contribution is -2.52. The number of hydrogen-bond donors (Lipinski definition) is 2. The molecule has 2 heterocycles. The molecule has 2 aromatic carbocycles. The Morgan fingerprint density at radius 1 is 1.10 bits per heavy atom. The fourth-order valence-corrected chi connectivity index (χ4v) is 6.88. The van der Waals surface area contributed by atoms with Gasteiger partial charge < -0.3 is 10.2 Å². The van der Waals surface area contributed by atoms with Crippen molar-refractivity contribution in [2.45, 2.75) is 78.6 Å². The number of tetrazole rings is 1. The van der Waals surface area contributed by atoms with Gasteiger partial charge in [-0.15, -0.1) is 10.2 Å². The van der Waals surface area contributed by atoms with Crippen LogP contribution in [-0.4, -0.2) is 48.7 Å². The standard InChI is InChI=1S/C31H37Cl2N7O2/c1-18(2)27(19-6-8-20(9-7-19)28(41)34-17-25-36-38-39-37-25)40-29(42)26(21-14-23(32)16-24(33)15-21)35-31(40)12-10-22(11-13-31)30(3,4)5/h6-9,14-16,18,22,27H,10-13,17H2,1-5H3,(H,34,41)(H,36,37,38,39)/t22?,27-,31?/m1/s1. The summed E-state index contributed by atoms with van der Waals surface area (Å²) in [6.45, 7) is 11.3. The Bertz CT molecular complexity index is 1450. The molecule has 1 fully saturated rings. The van der Waals surface area contributed by atoms with E-state index >= 15 is 0 Å². The Labute approximate surface area is 256 Å². The van der Waals surface area contributed by atoms with E-state index in [9.17, 15) is 9.59 Å². The van der Waals surface area contributed by atoms with Crippen LogP contribution < -0.4 is 5.32 Å². The Kier molecular flexibility index (Phi) is 8.45. The van der Waals surface area contributed by atoms with Crippen molar-refractivity contribution in [3.63, 3.8) is 0 Å². The van der Waals surface area contributed by atoms with Crippen LogP contribution in [0.3, 0.4) is 0 Å². The van der Waals surface area contributed by atoms with Gasteiger partial charge >= 0.3 is 0 Å². The molecule has 0 bridgehead atoms. The fraction of sp³-hybridized carbons (Fsp3) is 0.484. The highest BCUT2D eigenvalue weighted by atomic mass is 35.5. The number of aromatic nitrogens is 4. The van der Waals surface area contributed by atoms with Crippen molar-refractivity contribution in [1.82, 2.24) is 30.8 Å². The number of nitrogens with one attached hydrogen (secondary N) is 2. The number of nitrogens with zero attached hydrogens (tertiary/aromatic N) is 5. The highest BCUT2D eigenvalue weighted by Gasteiger charge is 2.53. The van der Waals surface area contributed by atoms with Crippen molar-refractivity contribution in [2.75, 3.05) is 0 Å². The predicted octanol–water partition coefficient (Wildman–Crippen LogP) is 6.40. The van der Waals surface area contributed by atoms with E-state index in [4.69, 9.17) is 28.2 Å². The summed E-state index contributed by atoms with van der Waals surface area (Å²) in [5, 5.41) is 17.3. The molecule has 0 unspecified atom stereocenters. The summed E-state index contributed by atoms with van der Waals surface area (Å²) in [5.74, 6) is 0.660. The summed E-state index contributed by atoms with van der Waals surface area (Å²) in [7, 11) is 0. The molecule has 1 aliphatic carbocycles. The highest BCUT2D eigenvalue weighted by Crippen LogP contribution is 2.50. The lowest BCUT2D eigenvalue weighted by molar-refractivity contribution is -0.135. The molecule has 1 aliphatic heterocycles. The van der Waals surface area contributed by atoms with Gasteiger partial charge in [0.2, 0.25) is 0 Å². The molecule has 2 amide bonds. The zero-order valence-electron chi connectivity index (χ0n) is 24.6. The van der Waals surface area contributed by atoms with E-state index < -0.39 is 5.66 Å². The first-order valence-electron chi connectivity index (χ1n) is 14.4. The minimum absolute atomic E-state index is 0.0848. The van der Waals surface area contributed by atoms with Crippen molar-refractivity contribution in [1.29, 1.82) is 0 Å². The second kappa shape index (κ2) is 11.8. The summed E-state index contributed by atoms with van der Waals surface area (Å²) in [4.78, 5) is 34.4. The van der Waals surface area contributed by atoms with E-state index in [1.54, 1.807) is 30.3 Å². The number of carbonyl (C=O) groups excluding carboxylic acids is 2. The molecule has 1 saturated carbocycles. The smallest absolute Gasteiger partial charge is 0.275 e. The summed E-state index contributed by atoms with van der Waals surface area (Å²) in [6.07, 6.45) is 3.51. The molecule has 0 radical (unpaired) electrons. The molecule has 5 rings (SSSR count). The summed E-state index contributed by atoms with van der Waals surface area (Å²) < 4.78 is 0. The van der Waals surface area contributed by atoms with Crippen molar-refractivity contribution in [3.05, 3.63) is 75.0 Å². The number of benzene rings is 2. The first-order chi connectivity index (χ1) is 19.9. The third-order valence-electron chi connectivity index (χ3n) is 8.56. The summed E-state index contributed by atoms with van der Waals surface area (Å²) >= 11 is 12.7. The average Bonchev–Trinajstić information content (AvgIpc) is 3.54. The third kappa shape index (κ3) is 6.08. The summed E-state index contributed by atoms with van der Waals surface area (Å²) in [6, 6.07) is 12.4. The monoisotopic (exact) mass is 609 g/mol. The molecule has 222 valence electrons. The van der Waals surface area contributed by atoms with Crippen LogP contribution in [0.5, 0.6) is 0 Å². The quantitative estimate of drug-likeness (QED) is 0.321. The molecule has 9 nitrogen and oxygen atoms in total. The average molecular weight is 611 g/mol. The van der Waals surface area contributed by atoms with Crippen LogP contribution in [0.4, 0.5) is 0 Å². The van der Waals surface area contributed by atoms with Gasteiger partial charge in [-0.25, -0.2) is 0 Å². The number of H-pyrrole nitrogens is 1. The van der Waals surface area contributed by atoms with Gasteiger partial charge in [-0.05, 0) is 78.8 Å². The normalized spacial score (nSPS) is 21.6. The Balaban J connectivity index is 1.48.